The minimum Gasteiger partial charge on any atom is -0.398 e. The van der Waals surface area contributed by atoms with E-state index in [-0.39, 0.29) is 5.78 Å². The van der Waals surface area contributed by atoms with E-state index in [1.54, 1.807) is 18.2 Å². The lowest BCUT2D eigenvalue weighted by atomic mass is 9.99. The summed E-state index contributed by atoms with van der Waals surface area (Å²) in [5.74, 6) is -0.0489. The third kappa shape index (κ3) is 3.32. The molecule has 0 bridgehead atoms. The molecule has 0 amide bonds. The molecule has 0 heterocycles. The van der Waals surface area contributed by atoms with Crippen LogP contribution in [0.2, 0.25) is 0 Å². The Hall–Kier alpha value is -1.87. The molecule has 2 rings (SSSR count). The van der Waals surface area contributed by atoms with Gasteiger partial charge in [-0.05, 0) is 17.7 Å². The Morgan fingerprint density at radius 2 is 1.89 bits per heavy atom. The minimum absolute atomic E-state index is 0.0489. The molecule has 0 fully saturated rings. The quantitative estimate of drug-likeness (QED) is 0.528. The number of carbonyl (C=O) groups excluding carboxylic acids is 1. The average molecular weight is 316 g/mol. The molecule has 2 aromatic rings. The van der Waals surface area contributed by atoms with Gasteiger partial charge in [0, 0.05) is 22.1 Å². The first kappa shape index (κ1) is 13.6. The summed E-state index contributed by atoms with van der Waals surface area (Å²) in [5, 5.41) is 0.777. The number of benzene rings is 2. The molecule has 0 spiro atoms. The molecule has 3 heteroatoms. The van der Waals surface area contributed by atoms with Gasteiger partial charge in [-0.15, -0.1) is 0 Å². The van der Waals surface area contributed by atoms with Gasteiger partial charge in [0.05, 0.1) is 0 Å². The fourth-order valence-electron chi connectivity index (χ4n) is 1.80. The van der Waals surface area contributed by atoms with Crippen molar-refractivity contribution in [3.05, 3.63) is 71.3 Å². The van der Waals surface area contributed by atoms with Gasteiger partial charge in [0.1, 0.15) is 0 Å². The first-order chi connectivity index (χ1) is 9.22. The van der Waals surface area contributed by atoms with Crippen LogP contribution in [0.3, 0.4) is 0 Å². The Bertz CT molecular complexity index is 605. The fraction of sp³-hybridized carbons (Fsp3) is 0.0625. The van der Waals surface area contributed by atoms with Crippen molar-refractivity contribution in [2.75, 3.05) is 11.1 Å². The van der Waals surface area contributed by atoms with Gasteiger partial charge in [0.15, 0.2) is 5.78 Å². The maximum atomic E-state index is 12.4. The van der Waals surface area contributed by atoms with E-state index in [0.29, 0.717) is 16.8 Å². The number of carbonyl (C=O) groups is 1. The molecular weight excluding hydrogens is 302 g/mol. The van der Waals surface area contributed by atoms with Gasteiger partial charge in [-0.1, -0.05) is 64.5 Å². The molecule has 0 unspecified atom stereocenters. The van der Waals surface area contributed by atoms with Crippen LogP contribution >= 0.6 is 15.9 Å². The summed E-state index contributed by atoms with van der Waals surface area (Å²) in [6.07, 6.45) is 3.93. The maximum absolute atomic E-state index is 12.4. The number of hydrogen-bond acceptors (Lipinski definition) is 2. The minimum atomic E-state index is -0.0489. The van der Waals surface area contributed by atoms with Gasteiger partial charge in [-0.2, -0.15) is 0 Å². The molecule has 2 aromatic carbocycles. The molecule has 0 aliphatic carbocycles. The van der Waals surface area contributed by atoms with Crippen molar-refractivity contribution < 1.29 is 4.79 Å². The van der Waals surface area contributed by atoms with Crippen LogP contribution in [0.1, 0.15) is 21.5 Å². The predicted molar refractivity (Wildman–Crippen MR) is 83.6 cm³/mol. The summed E-state index contributed by atoms with van der Waals surface area (Å²) in [6, 6.07) is 14.7. The molecule has 96 valence electrons. The lowest BCUT2D eigenvalue weighted by Crippen LogP contribution is -2.05. The fourth-order valence-corrected chi connectivity index (χ4v) is 1.99. The van der Waals surface area contributed by atoms with E-state index in [0.717, 1.165) is 10.9 Å². The number of anilines is 1. The second kappa shape index (κ2) is 6.34. The van der Waals surface area contributed by atoms with Crippen LogP contribution in [0.15, 0.2) is 54.6 Å². The summed E-state index contributed by atoms with van der Waals surface area (Å²) in [7, 11) is 0. The number of halogens is 1. The topological polar surface area (TPSA) is 43.1 Å². The predicted octanol–water partition coefficient (Wildman–Crippen LogP) is 3.91. The normalized spacial score (nSPS) is 10.8. The number of hydrogen-bond donors (Lipinski definition) is 1. The zero-order chi connectivity index (χ0) is 13.7. The van der Waals surface area contributed by atoms with E-state index in [9.17, 15) is 4.79 Å². The standard InChI is InChI=1S/C16H14BrNO/c17-10-4-5-12-8-9-15(18)14(11-12)16(19)13-6-2-1-3-7-13/h1-9,11H,10,18H2. The second-order valence-electron chi connectivity index (χ2n) is 4.10. The lowest BCUT2D eigenvalue weighted by Gasteiger charge is -2.06. The highest BCUT2D eigenvalue weighted by molar-refractivity contribution is 9.09. The van der Waals surface area contributed by atoms with Crippen molar-refractivity contribution in [1.29, 1.82) is 0 Å². The Balaban J connectivity index is 2.39. The van der Waals surface area contributed by atoms with E-state index in [1.807, 2.05) is 42.5 Å². The van der Waals surface area contributed by atoms with Crippen molar-refractivity contribution in [3.63, 3.8) is 0 Å². The molecule has 0 aromatic heterocycles. The van der Waals surface area contributed by atoms with E-state index in [4.69, 9.17) is 5.73 Å². The first-order valence-corrected chi connectivity index (χ1v) is 7.06. The number of nitrogen functional groups attached to an aromatic ring is 1. The molecule has 0 atom stereocenters. The average Bonchev–Trinajstić information content (AvgIpc) is 2.46. The van der Waals surface area contributed by atoms with Gasteiger partial charge >= 0.3 is 0 Å². The Morgan fingerprint density at radius 3 is 2.58 bits per heavy atom. The van der Waals surface area contributed by atoms with Crippen molar-refractivity contribution in [1.82, 2.24) is 0 Å². The van der Waals surface area contributed by atoms with Gasteiger partial charge in [0.25, 0.3) is 0 Å². The maximum Gasteiger partial charge on any atom is 0.195 e. The molecule has 2 N–H and O–H groups in total. The van der Waals surface area contributed by atoms with Crippen molar-refractivity contribution in [3.8, 4) is 0 Å². The summed E-state index contributed by atoms with van der Waals surface area (Å²) in [5.41, 5.74) is 8.57. The zero-order valence-electron chi connectivity index (χ0n) is 10.3. The highest BCUT2D eigenvalue weighted by Gasteiger charge is 2.12. The smallest absolute Gasteiger partial charge is 0.195 e. The molecule has 19 heavy (non-hydrogen) atoms. The highest BCUT2D eigenvalue weighted by atomic mass is 79.9. The number of nitrogens with two attached hydrogens (primary N) is 1. The SMILES string of the molecule is Nc1ccc(C=CCBr)cc1C(=O)c1ccccc1. The van der Waals surface area contributed by atoms with E-state index >= 15 is 0 Å². The molecule has 0 aliphatic rings. The number of rotatable bonds is 4. The van der Waals surface area contributed by atoms with Crippen LogP contribution < -0.4 is 5.73 Å². The van der Waals surface area contributed by atoms with Gasteiger partial charge in [-0.25, -0.2) is 0 Å². The van der Waals surface area contributed by atoms with E-state index in [1.165, 1.54) is 0 Å². The monoisotopic (exact) mass is 315 g/mol. The van der Waals surface area contributed by atoms with Crippen LogP contribution in [0.5, 0.6) is 0 Å². The van der Waals surface area contributed by atoms with Crippen molar-refractivity contribution in [2.45, 2.75) is 0 Å². The van der Waals surface area contributed by atoms with Crippen molar-refractivity contribution in [2.24, 2.45) is 0 Å². The van der Waals surface area contributed by atoms with Gasteiger partial charge < -0.3 is 5.73 Å². The summed E-state index contributed by atoms with van der Waals surface area (Å²) in [6.45, 7) is 0. The van der Waals surface area contributed by atoms with Crippen LogP contribution in [-0.2, 0) is 0 Å². The lowest BCUT2D eigenvalue weighted by molar-refractivity contribution is 0.103. The van der Waals surface area contributed by atoms with Crippen LogP contribution in [-0.4, -0.2) is 11.1 Å². The number of allylic oxidation sites excluding steroid dienone is 1. The van der Waals surface area contributed by atoms with Gasteiger partial charge in [-0.3, -0.25) is 4.79 Å². The third-order valence-electron chi connectivity index (χ3n) is 2.76. The van der Waals surface area contributed by atoms with Gasteiger partial charge in [0.2, 0.25) is 0 Å². The van der Waals surface area contributed by atoms with E-state index < -0.39 is 0 Å². The Labute approximate surface area is 121 Å². The highest BCUT2D eigenvalue weighted by Crippen LogP contribution is 2.19. The zero-order valence-corrected chi connectivity index (χ0v) is 11.9. The molecule has 2 nitrogen and oxygen atoms in total. The Morgan fingerprint density at radius 1 is 1.16 bits per heavy atom. The van der Waals surface area contributed by atoms with E-state index in [2.05, 4.69) is 15.9 Å². The molecule has 0 saturated heterocycles. The van der Waals surface area contributed by atoms with Crippen LogP contribution in [0, 0.1) is 0 Å². The van der Waals surface area contributed by atoms with Crippen molar-refractivity contribution >= 4 is 33.5 Å². The second-order valence-corrected chi connectivity index (χ2v) is 4.75. The number of alkyl halides is 1. The summed E-state index contributed by atoms with van der Waals surface area (Å²) < 4.78 is 0. The molecule has 0 aliphatic heterocycles. The third-order valence-corrected chi connectivity index (χ3v) is 3.13. The van der Waals surface area contributed by atoms with Crippen LogP contribution in [0.25, 0.3) is 6.08 Å². The molecular formula is C16H14BrNO. The molecule has 0 saturated carbocycles. The number of ketones is 1. The summed E-state index contributed by atoms with van der Waals surface area (Å²) in [4.78, 5) is 12.4. The first-order valence-electron chi connectivity index (χ1n) is 5.94. The van der Waals surface area contributed by atoms with Crippen LogP contribution in [0.4, 0.5) is 5.69 Å². The largest absolute Gasteiger partial charge is 0.398 e. The summed E-state index contributed by atoms with van der Waals surface area (Å²) >= 11 is 3.33. The molecule has 0 radical (unpaired) electrons. The Kier molecular flexibility index (Phi) is 4.53.